The molecule has 3 aliphatic rings. The van der Waals surface area contributed by atoms with E-state index in [4.69, 9.17) is 0 Å². The summed E-state index contributed by atoms with van der Waals surface area (Å²) in [4.78, 5) is 2.96. The molecule has 110 valence electrons. The van der Waals surface area contributed by atoms with Gasteiger partial charge in [0.15, 0.2) is 0 Å². The molecule has 3 fully saturated rings. The third kappa shape index (κ3) is 3.72. The molecule has 1 atom stereocenters. The Labute approximate surface area is 119 Å². The third-order valence-electron chi connectivity index (χ3n) is 5.68. The molecule has 1 N–H and O–H groups in total. The van der Waals surface area contributed by atoms with Crippen LogP contribution in [-0.4, -0.2) is 36.1 Å². The summed E-state index contributed by atoms with van der Waals surface area (Å²) in [6, 6.07) is 2.63. The summed E-state index contributed by atoms with van der Waals surface area (Å²) in [5.41, 5.74) is 0. The molecule has 3 rings (SSSR count). The van der Waals surface area contributed by atoms with Gasteiger partial charge in [-0.15, -0.1) is 0 Å². The molecule has 0 aromatic heterocycles. The number of rotatable bonds is 4. The van der Waals surface area contributed by atoms with Gasteiger partial charge in [-0.1, -0.05) is 38.5 Å². The lowest BCUT2D eigenvalue weighted by atomic mass is 9.88. The van der Waals surface area contributed by atoms with Crippen LogP contribution in [0.2, 0.25) is 0 Å². The van der Waals surface area contributed by atoms with Crippen molar-refractivity contribution in [2.45, 2.75) is 95.2 Å². The van der Waals surface area contributed by atoms with E-state index >= 15 is 0 Å². The second-order valence-electron chi connectivity index (χ2n) is 7.07. The average molecular weight is 264 g/mol. The average Bonchev–Trinajstić information content (AvgIpc) is 3.00. The molecule has 0 aromatic carbocycles. The smallest absolute Gasteiger partial charge is 0.0195 e. The number of hydrogen-bond donors (Lipinski definition) is 1. The van der Waals surface area contributed by atoms with Gasteiger partial charge in [-0.3, -0.25) is 4.90 Å². The maximum absolute atomic E-state index is 3.72. The van der Waals surface area contributed by atoms with Crippen molar-refractivity contribution in [2.24, 2.45) is 0 Å². The fraction of sp³-hybridized carbons (Fsp3) is 1.00. The zero-order chi connectivity index (χ0) is 12.9. The standard InChI is InChI=1S/C17H32N2/c1-3-9-16(10-4-1)19(14-15-8-7-13-18-15)17-11-5-2-6-12-17/h15-18H,1-14H2/t15-/m1/s1. The van der Waals surface area contributed by atoms with Crippen LogP contribution < -0.4 is 5.32 Å². The van der Waals surface area contributed by atoms with Crippen molar-refractivity contribution < 1.29 is 0 Å². The molecule has 19 heavy (non-hydrogen) atoms. The van der Waals surface area contributed by atoms with Crippen molar-refractivity contribution in [1.29, 1.82) is 0 Å². The zero-order valence-corrected chi connectivity index (χ0v) is 12.6. The topological polar surface area (TPSA) is 15.3 Å². The second kappa shape index (κ2) is 7.08. The first-order valence-corrected chi connectivity index (χ1v) is 8.92. The molecule has 0 bridgehead atoms. The highest BCUT2D eigenvalue weighted by molar-refractivity contribution is 4.88. The summed E-state index contributed by atoms with van der Waals surface area (Å²) in [7, 11) is 0. The van der Waals surface area contributed by atoms with Crippen LogP contribution in [0.15, 0.2) is 0 Å². The summed E-state index contributed by atoms with van der Waals surface area (Å²) in [6.07, 6.45) is 17.6. The molecule has 0 spiro atoms. The summed E-state index contributed by atoms with van der Waals surface area (Å²) < 4.78 is 0. The Kier molecular flexibility index (Phi) is 5.17. The Bertz CT molecular complexity index is 230. The van der Waals surface area contributed by atoms with Crippen LogP contribution >= 0.6 is 0 Å². The molecular weight excluding hydrogens is 232 g/mol. The molecule has 1 aliphatic heterocycles. The Balaban J connectivity index is 1.62. The highest BCUT2D eigenvalue weighted by Gasteiger charge is 2.31. The quantitative estimate of drug-likeness (QED) is 0.833. The molecule has 0 radical (unpaired) electrons. The molecule has 1 saturated heterocycles. The third-order valence-corrected chi connectivity index (χ3v) is 5.68. The highest BCUT2D eigenvalue weighted by atomic mass is 15.2. The van der Waals surface area contributed by atoms with Gasteiger partial charge in [-0.05, 0) is 45.1 Å². The van der Waals surface area contributed by atoms with E-state index < -0.39 is 0 Å². The van der Waals surface area contributed by atoms with Crippen LogP contribution in [0.3, 0.4) is 0 Å². The van der Waals surface area contributed by atoms with Crippen LogP contribution in [0, 0.1) is 0 Å². The van der Waals surface area contributed by atoms with Gasteiger partial charge in [-0.25, -0.2) is 0 Å². The first-order valence-electron chi connectivity index (χ1n) is 8.92. The molecule has 1 heterocycles. The number of hydrogen-bond acceptors (Lipinski definition) is 2. The summed E-state index contributed by atoms with van der Waals surface area (Å²) in [5, 5.41) is 3.72. The second-order valence-corrected chi connectivity index (χ2v) is 7.07. The summed E-state index contributed by atoms with van der Waals surface area (Å²) in [5.74, 6) is 0. The van der Waals surface area contributed by atoms with Crippen molar-refractivity contribution in [1.82, 2.24) is 10.2 Å². The molecule has 0 amide bonds. The molecule has 2 nitrogen and oxygen atoms in total. The summed E-state index contributed by atoms with van der Waals surface area (Å²) in [6.45, 7) is 2.60. The van der Waals surface area contributed by atoms with Crippen molar-refractivity contribution in [3.05, 3.63) is 0 Å². The van der Waals surface area contributed by atoms with E-state index in [-0.39, 0.29) is 0 Å². The van der Waals surface area contributed by atoms with Gasteiger partial charge < -0.3 is 5.32 Å². The van der Waals surface area contributed by atoms with Crippen LogP contribution in [-0.2, 0) is 0 Å². The van der Waals surface area contributed by atoms with E-state index in [1.54, 1.807) is 0 Å². The van der Waals surface area contributed by atoms with E-state index in [1.807, 2.05) is 0 Å². The minimum Gasteiger partial charge on any atom is -0.313 e. The summed E-state index contributed by atoms with van der Waals surface area (Å²) >= 11 is 0. The highest BCUT2D eigenvalue weighted by Crippen LogP contribution is 2.30. The van der Waals surface area contributed by atoms with E-state index in [0.717, 1.165) is 18.1 Å². The Morgan fingerprint density at radius 1 is 0.684 bits per heavy atom. The minimum absolute atomic E-state index is 0.795. The maximum Gasteiger partial charge on any atom is 0.0195 e. The van der Waals surface area contributed by atoms with Crippen molar-refractivity contribution in [3.8, 4) is 0 Å². The SMILES string of the molecule is C1CCC(N(C[C@H]2CCCN2)C2CCCCC2)CC1. The predicted molar refractivity (Wildman–Crippen MR) is 81.5 cm³/mol. The fourth-order valence-electron chi connectivity index (χ4n) is 4.59. The van der Waals surface area contributed by atoms with Crippen LogP contribution in [0.4, 0.5) is 0 Å². The normalized spacial score (nSPS) is 31.1. The van der Waals surface area contributed by atoms with Gasteiger partial charge in [0, 0.05) is 24.7 Å². The van der Waals surface area contributed by atoms with Crippen molar-refractivity contribution in [2.75, 3.05) is 13.1 Å². The lowest BCUT2D eigenvalue weighted by Gasteiger charge is -2.43. The maximum atomic E-state index is 3.72. The van der Waals surface area contributed by atoms with E-state index in [1.165, 1.54) is 90.1 Å². The molecule has 2 aliphatic carbocycles. The fourth-order valence-corrected chi connectivity index (χ4v) is 4.59. The van der Waals surface area contributed by atoms with Crippen molar-refractivity contribution >= 4 is 0 Å². The van der Waals surface area contributed by atoms with Gasteiger partial charge >= 0.3 is 0 Å². The van der Waals surface area contributed by atoms with Crippen LogP contribution in [0.25, 0.3) is 0 Å². The molecule has 0 unspecified atom stereocenters. The number of nitrogens with one attached hydrogen (secondary N) is 1. The van der Waals surface area contributed by atoms with Gasteiger partial charge in [0.05, 0.1) is 0 Å². The van der Waals surface area contributed by atoms with Gasteiger partial charge in [-0.2, -0.15) is 0 Å². The molecule has 2 heteroatoms. The zero-order valence-electron chi connectivity index (χ0n) is 12.6. The van der Waals surface area contributed by atoms with E-state index in [0.29, 0.717) is 0 Å². The Hall–Kier alpha value is -0.0800. The van der Waals surface area contributed by atoms with Gasteiger partial charge in [0.2, 0.25) is 0 Å². The van der Waals surface area contributed by atoms with Gasteiger partial charge in [0.1, 0.15) is 0 Å². The lowest BCUT2D eigenvalue weighted by Crippen LogP contribution is -2.50. The lowest BCUT2D eigenvalue weighted by molar-refractivity contribution is 0.0724. The number of nitrogens with zero attached hydrogens (tertiary/aromatic N) is 1. The Morgan fingerprint density at radius 2 is 1.26 bits per heavy atom. The Morgan fingerprint density at radius 3 is 1.74 bits per heavy atom. The monoisotopic (exact) mass is 264 g/mol. The largest absolute Gasteiger partial charge is 0.313 e. The van der Waals surface area contributed by atoms with E-state index in [9.17, 15) is 0 Å². The molecular formula is C17H32N2. The van der Waals surface area contributed by atoms with Crippen molar-refractivity contribution in [3.63, 3.8) is 0 Å². The molecule has 0 aromatic rings. The van der Waals surface area contributed by atoms with Gasteiger partial charge in [0.25, 0.3) is 0 Å². The predicted octanol–water partition coefficient (Wildman–Crippen LogP) is 3.71. The molecule has 2 saturated carbocycles. The van der Waals surface area contributed by atoms with E-state index in [2.05, 4.69) is 10.2 Å². The first-order chi connectivity index (χ1) is 9.43. The van der Waals surface area contributed by atoms with Crippen LogP contribution in [0.1, 0.15) is 77.0 Å². The van der Waals surface area contributed by atoms with Crippen LogP contribution in [0.5, 0.6) is 0 Å². The first kappa shape index (κ1) is 13.9. The minimum atomic E-state index is 0.795.